The number of nitrogens with zero attached hydrogens (tertiary/aromatic N) is 3. The predicted molar refractivity (Wildman–Crippen MR) is 192 cm³/mol. The largest absolute Gasteiger partial charge is 0.598 e. The van der Waals surface area contributed by atoms with E-state index < -0.39 is 11.4 Å². The molecule has 0 aliphatic heterocycles. The first-order valence-corrected chi connectivity index (χ1v) is 17.4. The standard InChI is InChI=1S/C39H48N4O2S/c1-6-43(30-44)38(41-42(5)28-33-19-25-37(26-20-33)39(2,3)4)14-10-13-31-15-21-35(22-16-31)36-23-17-34(18-24-36)29-46(45)40-27-32-11-8-7-9-12-32/h7-9,11-12,15-26,30,40H,6,10,13-14,27-29H2,1-5H3/b41-38-. The van der Waals surface area contributed by atoms with Crippen molar-refractivity contribution in [1.82, 2.24) is 14.6 Å². The van der Waals surface area contributed by atoms with Crippen molar-refractivity contribution < 1.29 is 9.35 Å². The Hall–Kier alpha value is -3.91. The lowest BCUT2D eigenvalue weighted by Crippen LogP contribution is -2.31. The Morgan fingerprint density at radius 3 is 1.98 bits per heavy atom. The van der Waals surface area contributed by atoms with E-state index in [0.717, 1.165) is 47.3 Å². The number of hydrogen-bond donors (Lipinski definition) is 1. The van der Waals surface area contributed by atoms with E-state index in [4.69, 9.17) is 5.10 Å². The van der Waals surface area contributed by atoms with Crippen molar-refractivity contribution in [2.24, 2.45) is 5.10 Å². The van der Waals surface area contributed by atoms with Crippen LogP contribution in [0.3, 0.4) is 0 Å². The van der Waals surface area contributed by atoms with Crippen molar-refractivity contribution in [2.75, 3.05) is 13.6 Å². The Morgan fingerprint density at radius 2 is 1.41 bits per heavy atom. The zero-order valence-corrected chi connectivity index (χ0v) is 28.7. The molecule has 46 heavy (non-hydrogen) atoms. The van der Waals surface area contributed by atoms with Crippen LogP contribution in [0.1, 0.15) is 68.4 Å². The Balaban J connectivity index is 1.28. The Labute approximate surface area is 278 Å². The van der Waals surface area contributed by atoms with Crippen LogP contribution in [0.4, 0.5) is 0 Å². The van der Waals surface area contributed by atoms with E-state index in [1.54, 1.807) is 4.90 Å². The van der Waals surface area contributed by atoms with Crippen LogP contribution in [-0.4, -0.2) is 40.3 Å². The number of amides is 1. The van der Waals surface area contributed by atoms with Crippen LogP contribution < -0.4 is 4.72 Å². The topological polar surface area (TPSA) is 71.0 Å². The average Bonchev–Trinajstić information content (AvgIpc) is 3.05. The molecular weight excluding hydrogens is 589 g/mol. The molecule has 4 aromatic carbocycles. The molecule has 0 fully saturated rings. The minimum absolute atomic E-state index is 0.123. The second-order valence-electron chi connectivity index (χ2n) is 12.7. The molecule has 0 aliphatic carbocycles. The SMILES string of the molecule is CCN(C=O)/C(CCCc1ccc(-c2ccc(C[S+]([O-])NCc3ccccc3)cc2)cc1)=N\N(C)Cc1ccc(C(C)(C)C)cc1. The first-order chi connectivity index (χ1) is 22.1. The van der Waals surface area contributed by atoms with Crippen molar-refractivity contribution >= 4 is 23.6 Å². The van der Waals surface area contributed by atoms with Crippen LogP contribution in [0.5, 0.6) is 0 Å². The van der Waals surface area contributed by atoms with Crippen molar-refractivity contribution in [3.8, 4) is 11.1 Å². The summed E-state index contributed by atoms with van der Waals surface area (Å²) < 4.78 is 15.6. The van der Waals surface area contributed by atoms with Gasteiger partial charge in [-0.2, -0.15) is 5.10 Å². The van der Waals surface area contributed by atoms with Gasteiger partial charge in [0.25, 0.3) is 0 Å². The maximum absolute atomic E-state index is 12.5. The maximum atomic E-state index is 12.5. The molecule has 1 unspecified atom stereocenters. The zero-order valence-electron chi connectivity index (χ0n) is 27.9. The van der Waals surface area contributed by atoms with E-state index >= 15 is 0 Å². The third-order valence-electron chi connectivity index (χ3n) is 8.00. The monoisotopic (exact) mass is 636 g/mol. The van der Waals surface area contributed by atoms with Gasteiger partial charge < -0.3 is 9.45 Å². The van der Waals surface area contributed by atoms with E-state index in [2.05, 4.69) is 98.3 Å². The predicted octanol–water partition coefficient (Wildman–Crippen LogP) is 7.85. The summed E-state index contributed by atoms with van der Waals surface area (Å²) in [6.45, 7) is 10.5. The second-order valence-corrected chi connectivity index (χ2v) is 14.0. The summed E-state index contributed by atoms with van der Waals surface area (Å²) in [5.74, 6) is 1.26. The number of amidine groups is 1. The molecule has 1 atom stereocenters. The van der Waals surface area contributed by atoms with Gasteiger partial charge in [0.15, 0.2) is 5.75 Å². The number of rotatable bonds is 15. The molecule has 0 aliphatic rings. The number of hydrazone groups is 1. The molecule has 1 N–H and O–H groups in total. The van der Waals surface area contributed by atoms with Crippen molar-refractivity contribution in [3.05, 3.63) is 131 Å². The van der Waals surface area contributed by atoms with Crippen molar-refractivity contribution in [2.45, 2.75) is 71.2 Å². The lowest BCUT2D eigenvalue weighted by atomic mass is 9.87. The van der Waals surface area contributed by atoms with Gasteiger partial charge in [0.05, 0.1) is 13.1 Å². The van der Waals surface area contributed by atoms with Crippen LogP contribution in [0, 0.1) is 0 Å². The molecule has 6 nitrogen and oxygen atoms in total. The van der Waals surface area contributed by atoms with Gasteiger partial charge in [-0.15, -0.1) is 4.72 Å². The highest BCUT2D eigenvalue weighted by Gasteiger charge is 2.14. The summed E-state index contributed by atoms with van der Waals surface area (Å²) in [6, 6.07) is 35.7. The van der Waals surface area contributed by atoms with E-state index in [1.807, 2.05) is 49.3 Å². The third kappa shape index (κ3) is 10.9. The molecule has 0 saturated carbocycles. The van der Waals surface area contributed by atoms with Crippen molar-refractivity contribution in [1.29, 1.82) is 0 Å². The number of aryl methyl sites for hydroxylation is 1. The van der Waals surface area contributed by atoms with Crippen LogP contribution in [0.25, 0.3) is 11.1 Å². The number of carbonyl (C=O) groups excluding carboxylic acids is 1. The van der Waals surface area contributed by atoms with Crippen LogP contribution >= 0.6 is 0 Å². The van der Waals surface area contributed by atoms with Crippen molar-refractivity contribution in [3.63, 3.8) is 0 Å². The normalized spacial score (nSPS) is 12.5. The summed E-state index contributed by atoms with van der Waals surface area (Å²) in [5.41, 5.74) is 8.31. The lowest BCUT2D eigenvalue weighted by Gasteiger charge is -2.22. The molecule has 0 bridgehead atoms. The summed E-state index contributed by atoms with van der Waals surface area (Å²) in [7, 11) is 1.96. The van der Waals surface area contributed by atoms with Gasteiger partial charge in [-0.1, -0.05) is 124 Å². The highest BCUT2D eigenvalue weighted by molar-refractivity contribution is 7.88. The minimum Gasteiger partial charge on any atom is -0.598 e. The molecule has 4 aromatic rings. The molecule has 0 radical (unpaired) electrons. The van der Waals surface area contributed by atoms with Crippen LogP contribution in [0.2, 0.25) is 0 Å². The molecule has 0 heterocycles. The molecule has 242 valence electrons. The Bertz CT molecular complexity index is 1520. The fourth-order valence-corrected chi connectivity index (χ4v) is 6.17. The quantitative estimate of drug-likeness (QED) is 0.0474. The number of carbonyl (C=O) groups is 1. The highest BCUT2D eigenvalue weighted by Crippen LogP contribution is 2.23. The van der Waals surface area contributed by atoms with Gasteiger partial charge in [0, 0.05) is 36.9 Å². The van der Waals surface area contributed by atoms with Crippen LogP contribution in [0.15, 0.2) is 108 Å². The summed E-state index contributed by atoms with van der Waals surface area (Å²) in [6.07, 6.45) is 3.38. The summed E-state index contributed by atoms with van der Waals surface area (Å²) in [4.78, 5) is 13.5. The minimum atomic E-state index is -1.14. The molecule has 4 rings (SSSR count). The highest BCUT2D eigenvalue weighted by atomic mass is 32.2. The smallest absolute Gasteiger partial charge is 0.215 e. The van der Waals surface area contributed by atoms with Gasteiger partial charge in [-0.25, -0.2) is 0 Å². The Morgan fingerprint density at radius 1 is 0.826 bits per heavy atom. The number of benzene rings is 4. The van der Waals surface area contributed by atoms with Gasteiger partial charge in [-0.3, -0.25) is 9.80 Å². The first kappa shape index (κ1) is 35.0. The van der Waals surface area contributed by atoms with E-state index in [-0.39, 0.29) is 5.41 Å². The van der Waals surface area contributed by atoms with Gasteiger partial charge in [0.2, 0.25) is 6.41 Å². The maximum Gasteiger partial charge on any atom is 0.215 e. The van der Waals surface area contributed by atoms with Gasteiger partial charge in [0.1, 0.15) is 5.84 Å². The molecule has 1 amide bonds. The van der Waals surface area contributed by atoms with E-state index in [9.17, 15) is 9.35 Å². The van der Waals surface area contributed by atoms with Gasteiger partial charge >= 0.3 is 0 Å². The molecule has 7 heteroatoms. The lowest BCUT2D eigenvalue weighted by molar-refractivity contribution is -0.114. The summed E-state index contributed by atoms with van der Waals surface area (Å²) in [5, 5.41) is 6.76. The first-order valence-electron chi connectivity index (χ1n) is 16.1. The molecule has 0 saturated heterocycles. The average molecular weight is 637 g/mol. The van der Waals surface area contributed by atoms with Gasteiger partial charge in [-0.05, 0) is 58.6 Å². The second kappa shape index (κ2) is 17.1. The number of hydrogen-bond acceptors (Lipinski definition) is 5. The van der Waals surface area contributed by atoms with E-state index in [1.165, 1.54) is 16.7 Å². The van der Waals surface area contributed by atoms with Crippen LogP contribution in [-0.2, 0) is 46.8 Å². The fraction of sp³-hybridized carbons (Fsp3) is 0.333. The third-order valence-corrected chi connectivity index (χ3v) is 9.06. The van der Waals surface area contributed by atoms with E-state index in [0.29, 0.717) is 31.8 Å². The zero-order chi connectivity index (χ0) is 32.9. The molecule has 0 aromatic heterocycles. The number of nitrogens with one attached hydrogen (secondary N) is 1. The molecular formula is C39H48N4O2S. The molecule has 0 spiro atoms. The fourth-order valence-electron chi connectivity index (χ4n) is 5.25. The summed E-state index contributed by atoms with van der Waals surface area (Å²) >= 11 is -1.14. The Kier molecular flexibility index (Phi) is 13.0.